The van der Waals surface area contributed by atoms with Crippen LogP contribution in [0.3, 0.4) is 0 Å². The highest BCUT2D eigenvalue weighted by Gasteiger charge is 2.38. The summed E-state index contributed by atoms with van der Waals surface area (Å²) in [6.45, 7) is 13.1. The van der Waals surface area contributed by atoms with Crippen molar-refractivity contribution in [3.63, 3.8) is 0 Å². The first-order chi connectivity index (χ1) is 24.8. The van der Waals surface area contributed by atoms with Crippen LogP contribution in [-0.4, -0.2) is 40.0 Å². The fourth-order valence-corrected chi connectivity index (χ4v) is 6.30. The van der Waals surface area contributed by atoms with Gasteiger partial charge in [-0.15, -0.1) is 0 Å². The number of amides is 1. The maximum absolute atomic E-state index is 14.6. The summed E-state index contributed by atoms with van der Waals surface area (Å²) in [6, 6.07) is 11.9. The van der Waals surface area contributed by atoms with Crippen LogP contribution in [0.15, 0.2) is 84.8 Å². The molecular weight excluding hydrogens is 607 g/mol. The Morgan fingerprint density at radius 1 is 1.00 bits per heavy atom. The molecule has 5 rings (SSSR count). The second-order valence-corrected chi connectivity index (χ2v) is 13.8. The molecular formula is C40H47FN2O5. The molecule has 254 valence electrons. The Morgan fingerprint density at radius 3 is 2.27 bits per heavy atom. The quantitative estimate of drug-likeness (QED) is 0.172. The molecule has 4 aromatic rings. The van der Waals surface area contributed by atoms with Gasteiger partial charge >= 0.3 is 5.97 Å². The van der Waals surface area contributed by atoms with Crippen LogP contribution in [0.4, 0.5) is 10.1 Å². The van der Waals surface area contributed by atoms with E-state index in [1.165, 1.54) is 12.1 Å². The van der Waals surface area contributed by atoms with E-state index in [9.17, 15) is 14.0 Å². The Balaban J connectivity index is 1.71. The Bertz CT molecular complexity index is 1960. The number of ether oxygens (including phenoxy) is 3. The van der Waals surface area contributed by atoms with Gasteiger partial charge in [0.05, 0.1) is 36.7 Å². The summed E-state index contributed by atoms with van der Waals surface area (Å²) in [5.74, 6) is -2.74. The monoisotopic (exact) mass is 659 g/mol. The van der Waals surface area contributed by atoms with Gasteiger partial charge in [-0.1, -0.05) is 62.3 Å². The summed E-state index contributed by atoms with van der Waals surface area (Å²) >= 11 is 0. The molecule has 2 unspecified atom stereocenters. The Kier molecular flexibility index (Phi) is 8.65. The predicted molar refractivity (Wildman–Crippen MR) is 187 cm³/mol. The van der Waals surface area contributed by atoms with Gasteiger partial charge in [0.15, 0.2) is 5.79 Å². The average molecular weight is 660 g/mol. The lowest BCUT2D eigenvalue weighted by Crippen LogP contribution is -2.46. The number of hydrogen-bond donors (Lipinski definition) is 1. The largest absolute Gasteiger partial charge is 0.460 e. The molecule has 0 radical (unpaired) electrons. The molecule has 0 saturated carbocycles. The normalized spacial score (nSPS) is 19.1. The van der Waals surface area contributed by atoms with Crippen molar-refractivity contribution >= 4 is 17.6 Å². The summed E-state index contributed by atoms with van der Waals surface area (Å²) in [5.41, 5.74) is 1.40. The third kappa shape index (κ3) is 8.60. The molecule has 1 aliphatic rings. The van der Waals surface area contributed by atoms with Crippen LogP contribution in [0, 0.1) is 5.82 Å². The lowest BCUT2D eigenvalue weighted by molar-refractivity contribution is -0.301. The first-order valence-electron chi connectivity index (χ1n) is 18.8. The van der Waals surface area contributed by atoms with Crippen LogP contribution < -0.4 is 5.32 Å². The summed E-state index contributed by atoms with van der Waals surface area (Å²) < 4.78 is 77.7. The molecule has 8 heteroatoms. The zero-order valence-corrected chi connectivity index (χ0v) is 28.6. The van der Waals surface area contributed by atoms with E-state index >= 15 is 0 Å². The second kappa shape index (κ2) is 14.5. The number of hydrogen-bond acceptors (Lipinski definition) is 5. The van der Waals surface area contributed by atoms with Gasteiger partial charge in [-0.2, -0.15) is 0 Å². The Morgan fingerprint density at radius 2 is 1.65 bits per heavy atom. The lowest BCUT2D eigenvalue weighted by Gasteiger charge is -2.41. The standard InChI is InChI=1S/C40H47FN2O5/c1-26(2)36-35(38(45)42-30-16-12-9-13-17-30)34(27-14-10-8-11-15-27)37(28-18-20-29(41)21-19-28)43(36)23-22-31-24-32(47-40(6,7)46-31)25-33(44)48-39(3,4)5/h8-21,26,31-32H,22-25H2,1-7H3,(H,42,45)/i8D,10D,11D,14D,15D. The van der Waals surface area contributed by atoms with Gasteiger partial charge in [0.25, 0.3) is 5.91 Å². The highest BCUT2D eigenvalue weighted by atomic mass is 19.1. The molecule has 0 aliphatic carbocycles. The van der Waals surface area contributed by atoms with Gasteiger partial charge < -0.3 is 24.1 Å². The molecule has 48 heavy (non-hydrogen) atoms. The smallest absolute Gasteiger partial charge is 0.308 e. The molecule has 1 fully saturated rings. The summed E-state index contributed by atoms with van der Waals surface area (Å²) in [4.78, 5) is 27.3. The fourth-order valence-electron chi connectivity index (χ4n) is 6.30. The van der Waals surface area contributed by atoms with E-state index in [1.54, 1.807) is 71.0 Å². The minimum Gasteiger partial charge on any atom is -0.460 e. The van der Waals surface area contributed by atoms with Gasteiger partial charge in [0, 0.05) is 29.9 Å². The third-order valence-electron chi connectivity index (χ3n) is 7.89. The maximum atomic E-state index is 14.6. The lowest BCUT2D eigenvalue weighted by atomic mass is 9.94. The van der Waals surface area contributed by atoms with Crippen LogP contribution in [0.2, 0.25) is 0 Å². The van der Waals surface area contributed by atoms with Crippen molar-refractivity contribution in [3.8, 4) is 22.4 Å². The number of carbonyl (C=O) groups is 2. The highest BCUT2D eigenvalue weighted by molar-refractivity contribution is 6.12. The topological polar surface area (TPSA) is 78.8 Å². The van der Waals surface area contributed by atoms with Crippen molar-refractivity contribution in [2.75, 3.05) is 5.32 Å². The van der Waals surface area contributed by atoms with Crippen molar-refractivity contribution in [2.24, 2.45) is 0 Å². The zero-order valence-electron chi connectivity index (χ0n) is 33.6. The molecule has 1 amide bonds. The second-order valence-electron chi connectivity index (χ2n) is 13.8. The maximum Gasteiger partial charge on any atom is 0.308 e. The van der Waals surface area contributed by atoms with E-state index < -0.39 is 65.5 Å². The van der Waals surface area contributed by atoms with Crippen molar-refractivity contribution in [1.82, 2.24) is 4.57 Å². The van der Waals surface area contributed by atoms with Gasteiger partial charge in [0.1, 0.15) is 11.4 Å². The number of aromatic nitrogens is 1. The molecule has 3 aromatic carbocycles. The number of nitrogens with zero attached hydrogens (tertiary/aromatic N) is 1. The number of benzene rings is 3. The van der Waals surface area contributed by atoms with Gasteiger partial charge in [-0.3, -0.25) is 9.59 Å². The first kappa shape index (κ1) is 28.7. The SMILES string of the molecule is [2H]c1c([2H])c([2H])c(-c2c(C(=O)Nc3ccccc3)c(C(C)C)n(CCC3CC(CC(=O)OC(C)(C)C)OC(C)(C)O3)c2-c2ccc(F)cc2)c([2H])c1[2H]. The van der Waals surface area contributed by atoms with Crippen molar-refractivity contribution in [2.45, 2.75) is 104 Å². The summed E-state index contributed by atoms with van der Waals surface area (Å²) in [6.07, 6.45) is -0.0889. The summed E-state index contributed by atoms with van der Waals surface area (Å²) in [7, 11) is 0. The van der Waals surface area contributed by atoms with E-state index in [0.29, 0.717) is 35.5 Å². The van der Waals surface area contributed by atoms with Crippen LogP contribution in [0.5, 0.6) is 0 Å². The number of nitrogens with one attached hydrogen (secondary N) is 1. The van der Waals surface area contributed by atoms with Crippen molar-refractivity contribution < 1.29 is 35.0 Å². The van der Waals surface area contributed by atoms with E-state index in [4.69, 9.17) is 21.1 Å². The molecule has 7 nitrogen and oxygen atoms in total. The number of halogens is 1. The molecule has 1 aliphatic heterocycles. The molecule has 1 saturated heterocycles. The summed E-state index contributed by atoms with van der Waals surface area (Å²) in [5, 5.41) is 2.95. The molecule has 0 spiro atoms. The molecule has 1 N–H and O–H groups in total. The third-order valence-corrected chi connectivity index (χ3v) is 7.89. The van der Waals surface area contributed by atoms with Crippen LogP contribution in [0.1, 0.15) is 96.6 Å². The van der Waals surface area contributed by atoms with E-state index in [-0.39, 0.29) is 41.5 Å². The zero-order chi connectivity index (χ0) is 39.0. The van der Waals surface area contributed by atoms with Gasteiger partial charge in [-0.05, 0) is 94.5 Å². The van der Waals surface area contributed by atoms with Crippen molar-refractivity contribution in [1.29, 1.82) is 0 Å². The fraction of sp³-hybridized carbons (Fsp3) is 0.400. The number of carbonyl (C=O) groups excluding carboxylic acids is 2. The average Bonchev–Trinajstić information content (AvgIpc) is 3.40. The number of rotatable bonds is 10. The first-order valence-corrected chi connectivity index (χ1v) is 16.3. The van der Waals surface area contributed by atoms with Gasteiger partial charge in [-0.25, -0.2) is 4.39 Å². The van der Waals surface area contributed by atoms with Crippen molar-refractivity contribution in [3.05, 3.63) is 102 Å². The van der Waals surface area contributed by atoms with E-state index in [2.05, 4.69) is 5.32 Å². The van der Waals surface area contributed by atoms with E-state index in [1.807, 2.05) is 24.5 Å². The molecule has 1 aromatic heterocycles. The Labute approximate surface area is 290 Å². The van der Waals surface area contributed by atoms with E-state index in [0.717, 1.165) is 0 Å². The van der Waals surface area contributed by atoms with Crippen LogP contribution >= 0.6 is 0 Å². The number of esters is 1. The minimum absolute atomic E-state index is 0.0333. The molecule has 0 bridgehead atoms. The molecule has 2 heterocycles. The highest BCUT2D eigenvalue weighted by Crippen LogP contribution is 2.43. The number of anilines is 1. The number of para-hydroxylation sites is 1. The van der Waals surface area contributed by atoms with Gasteiger partial charge in [0.2, 0.25) is 0 Å². The minimum atomic E-state index is -1.02. The predicted octanol–water partition coefficient (Wildman–Crippen LogP) is 9.37. The Hall–Kier alpha value is -4.27. The van der Waals surface area contributed by atoms with Crippen LogP contribution in [0.25, 0.3) is 22.4 Å². The molecule has 2 atom stereocenters. The van der Waals surface area contributed by atoms with Crippen LogP contribution in [-0.2, 0) is 25.5 Å².